The third-order valence-corrected chi connectivity index (χ3v) is 7.02. The van der Waals surface area contributed by atoms with Gasteiger partial charge in [0, 0.05) is 17.5 Å². The first kappa shape index (κ1) is 14.3. The second kappa shape index (κ2) is 5.38. The number of rotatable bonds is 5. The smallest absolute Gasteiger partial charge is 0.207 e. The van der Waals surface area contributed by atoms with Crippen molar-refractivity contribution in [2.45, 2.75) is 30.3 Å². The van der Waals surface area contributed by atoms with Gasteiger partial charge in [-0.3, -0.25) is 0 Å². The van der Waals surface area contributed by atoms with E-state index in [0.29, 0.717) is 17.6 Å². The van der Waals surface area contributed by atoms with E-state index in [4.69, 9.17) is 0 Å². The lowest BCUT2D eigenvalue weighted by Gasteiger charge is -2.21. The molecule has 1 fully saturated rings. The molecule has 0 N–H and O–H groups in total. The van der Waals surface area contributed by atoms with Gasteiger partial charge in [0.05, 0.1) is 11.7 Å². The van der Waals surface area contributed by atoms with Crippen molar-refractivity contribution in [1.29, 1.82) is 0 Å². The van der Waals surface area contributed by atoms with E-state index in [9.17, 15) is 8.42 Å². The van der Waals surface area contributed by atoms with Crippen molar-refractivity contribution in [2.24, 2.45) is 0 Å². The zero-order valence-corrected chi connectivity index (χ0v) is 14.0. The van der Waals surface area contributed by atoms with Crippen molar-refractivity contribution in [3.8, 4) is 0 Å². The molecule has 1 aromatic carbocycles. The SMILES string of the molecule is O=S(=O)(c1cccc2nsnc12)N(Cc1cccs1)C1CC1. The molecule has 1 aliphatic rings. The van der Waals surface area contributed by atoms with E-state index in [-0.39, 0.29) is 10.9 Å². The number of aromatic nitrogens is 2. The maximum absolute atomic E-state index is 13.1. The lowest BCUT2D eigenvalue weighted by atomic mass is 10.3. The lowest BCUT2D eigenvalue weighted by Crippen LogP contribution is -2.32. The molecule has 0 amide bonds. The van der Waals surface area contributed by atoms with Crippen LogP contribution >= 0.6 is 23.1 Å². The van der Waals surface area contributed by atoms with Crippen LogP contribution in [-0.4, -0.2) is 27.5 Å². The standard InChI is InChI=1S/C14H13N3O2S3/c18-22(19,13-5-1-4-12-14(13)16-21-15-12)17(10-6-7-10)9-11-3-2-8-20-11/h1-5,8,10H,6-7,9H2. The highest BCUT2D eigenvalue weighted by Gasteiger charge is 2.39. The monoisotopic (exact) mass is 351 g/mol. The molecule has 22 heavy (non-hydrogen) atoms. The van der Waals surface area contributed by atoms with Gasteiger partial charge in [-0.25, -0.2) is 8.42 Å². The molecule has 2 heterocycles. The average molecular weight is 351 g/mol. The summed E-state index contributed by atoms with van der Waals surface area (Å²) in [5, 5.41) is 1.97. The summed E-state index contributed by atoms with van der Waals surface area (Å²) < 4.78 is 36.2. The predicted molar refractivity (Wildman–Crippen MR) is 87.5 cm³/mol. The second-order valence-corrected chi connectivity index (χ2v) is 8.67. The summed E-state index contributed by atoms with van der Waals surface area (Å²) in [6.07, 6.45) is 1.85. The van der Waals surface area contributed by atoms with Crippen LogP contribution in [-0.2, 0) is 16.6 Å². The Morgan fingerprint density at radius 3 is 2.77 bits per heavy atom. The first-order valence-electron chi connectivity index (χ1n) is 6.92. The van der Waals surface area contributed by atoms with E-state index in [1.54, 1.807) is 33.8 Å². The summed E-state index contributed by atoms with van der Waals surface area (Å²) in [5.74, 6) is 0. The normalized spacial score (nSPS) is 15.7. The fraction of sp³-hybridized carbons (Fsp3) is 0.286. The Balaban J connectivity index is 1.79. The van der Waals surface area contributed by atoms with Crippen LogP contribution in [0.2, 0.25) is 0 Å². The largest absolute Gasteiger partial charge is 0.245 e. The Hall–Kier alpha value is -1.35. The summed E-state index contributed by atoms with van der Waals surface area (Å²) >= 11 is 2.62. The Labute approximate surface area is 136 Å². The van der Waals surface area contributed by atoms with E-state index in [1.165, 1.54) is 0 Å². The van der Waals surface area contributed by atoms with Crippen LogP contribution < -0.4 is 0 Å². The van der Waals surface area contributed by atoms with Gasteiger partial charge in [0.1, 0.15) is 15.9 Å². The third kappa shape index (κ3) is 2.45. The second-order valence-electron chi connectivity index (χ2n) is 5.25. The van der Waals surface area contributed by atoms with E-state index < -0.39 is 10.0 Å². The van der Waals surface area contributed by atoms with Crippen molar-refractivity contribution in [3.63, 3.8) is 0 Å². The average Bonchev–Trinajstić information content (AvgIpc) is 3.02. The summed E-state index contributed by atoms with van der Waals surface area (Å²) in [7, 11) is -3.57. The zero-order valence-electron chi connectivity index (χ0n) is 11.5. The summed E-state index contributed by atoms with van der Waals surface area (Å²) in [5.41, 5.74) is 1.11. The van der Waals surface area contributed by atoms with E-state index >= 15 is 0 Å². The Morgan fingerprint density at radius 2 is 2.05 bits per heavy atom. The molecule has 0 bridgehead atoms. The lowest BCUT2D eigenvalue weighted by molar-refractivity contribution is 0.402. The fourth-order valence-corrected chi connectivity index (χ4v) is 5.65. The van der Waals surface area contributed by atoms with Crippen LogP contribution in [0.5, 0.6) is 0 Å². The molecule has 114 valence electrons. The Kier molecular flexibility index (Phi) is 3.48. The van der Waals surface area contributed by atoms with E-state index in [0.717, 1.165) is 29.4 Å². The van der Waals surface area contributed by atoms with Gasteiger partial charge in [-0.1, -0.05) is 12.1 Å². The molecular formula is C14H13N3O2S3. The van der Waals surface area contributed by atoms with Crippen molar-refractivity contribution >= 4 is 44.1 Å². The molecule has 3 aromatic rings. The van der Waals surface area contributed by atoms with Crippen LogP contribution in [0.3, 0.4) is 0 Å². The maximum atomic E-state index is 13.1. The first-order chi connectivity index (χ1) is 10.7. The van der Waals surface area contributed by atoms with Crippen LogP contribution in [0.1, 0.15) is 17.7 Å². The van der Waals surface area contributed by atoms with Crippen LogP contribution in [0.25, 0.3) is 11.0 Å². The molecule has 0 atom stereocenters. The first-order valence-corrected chi connectivity index (χ1v) is 9.97. The number of hydrogen-bond donors (Lipinski definition) is 0. The Morgan fingerprint density at radius 1 is 1.18 bits per heavy atom. The van der Waals surface area contributed by atoms with Gasteiger partial charge < -0.3 is 0 Å². The molecule has 2 aromatic heterocycles. The minimum Gasteiger partial charge on any atom is -0.207 e. The number of benzene rings is 1. The molecule has 0 radical (unpaired) electrons. The number of fused-ring (bicyclic) bond motifs is 1. The molecule has 1 saturated carbocycles. The number of hydrogen-bond acceptors (Lipinski definition) is 6. The molecule has 5 nitrogen and oxygen atoms in total. The Bertz CT molecular complexity index is 898. The number of nitrogens with zero attached hydrogens (tertiary/aromatic N) is 3. The summed E-state index contributed by atoms with van der Waals surface area (Å²) in [6.45, 7) is 0.429. The molecule has 1 aliphatic carbocycles. The highest BCUT2D eigenvalue weighted by molar-refractivity contribution is 7.89. The van der Waals surface area contributed by atoms with Crippen LogP contribution in [0.4, 0.5) is 0 Å². The number of sulfonamides is 1. The minimum absolute atomic E-state index is 0.106. The highest BCUT2D eigenvalue weighted by Crippen LogP contribution is 2.35. The molecule has 0 unspecified atom stereocenters. The van der Waals surface area contributed by atoms with Crippen molar-refractivity contribution < 1.29 is 8.42 Å². The third-order valence-electron chi connectivity index (χ3n) is 3.68. The molecule has 4 rings (SSSR count). The van der Waals surface area contributed by atoms with Gasteiger partial charge in [-0.2, -0.15) is 13.1 Å². The van der Waals surface area contributed by atoms with Gasteiger partial charge in [0.25, 0.3) is 0 Å². The van der Waals surface area contributed by atoms with Crippen molar-refractivity contribution in [2.75, 3.05) is 0 Å². The van der Waals surface area contributed by atoms with Gasteiger partial charge in [-0.05, 0) is 36.4 Å². The van der Waals surface area contributed by atoms with Crippen molar-refractivity contribution in [1.82, 2.24) is 13.1 Å². The van der Waals surface area contributed by atoms with Crippen molar-refractivity contribution in [3.05, 3.63) is 40.6 Å². The predicted octanol–water partition coefficient (Wildman–Crippen LogP) is 3.11. The van der Waals surface area contributed by atoms with Gasteiger partial charge in [-0.15, -0.1) is 11.3 Å². The quantitative estimate of drug-likeness (QED) is 0.708. The molecule has 0 spiro atoms. The van der Waals surface area contributed by atoms with Gasteiger partial charge >= 0.3 is 0 Å². The van der Waals surface area contributed by atoms with Gasteiger partial charge in [0.15, 0.2) is 0 Å². The summed E-state index contributed by atoms with van der Waals surface area (Å²) in [6, 6.07) is 9.17. The van der Waals surface area contributed by atoms with E-state index in [1.807, 2.05) is 17.5 Å². The van der Waals surface area contributed by atoms with Crippen LogP contribution in [0, 0.1) is 0 Å². The molecule has 0 saturated heterocycles. The maximum Gasteiger partial charge on any atom is 0.245 e. The minimum atomic E-state index is -3.57. The van der Waals surface area contributed by atoms with E-state index in [2.05, 4.69) is 8.75 Å². The molecular weight excluding hydrogens is 338 g/mol. The van der Waals surface area contributed by atoms with Gasteiger partial charge in [0.2, 0.25) is 10.0 Å². The molecule has 0 aliphatic heterocycles. The highest BCUT2D eigenvalue weighted by atomic mass is 32.2. The van der Waals surface area contributed by atoms with Crippen LogP contribution in [0.15, 0.2) is 40.6 Å². The number of thiophene rings is 1. The fourth-order valence-electron chi connectivity index (χ4n) is 2.44. The zero-order chi connectivity index (χ0) is 15.2. The molecule has 8 heteroatoms. The topological polar surface area (TPSA) is 63.2 Å². The summed E-state index contributed by atoms with van der Waals surface area (Å²) in [4.78, 5) is 1.32.